The lowest BCUT2D eigenvalue weighted by atomic mass is 9.42. The zero-order valence-corrected chi connectivity index (χ0v) is 24.1. The number of rotatable bonds is 5. The standard InChI is InChI=1S/C32H40N2O6/c1-7-30(4)17-23(35)26-31(5)14-8-13-29(2,3)27(31)25(37)28(32(26,6)40-30)38-24(36)16-21-15-22(34-39-21)20-11-9-19(18-33)10-12-20/h7,9-12,21,25-28,37H,1,8,13-17H2,2-6H3/t21-,25-,26-,27-,28-,30-,31+,32-/m0/s1. The second-order valence-corrected chi connectivity index (χ2v) is 13.5. The highest BCUT2D eigenvalue weighted by Crippen LogP contribution is 2.65. The number of ketones is 1. The average molecular weight is 549 g/mol. The summed E-state index contributed by atoms with van der Waals surface area (Å²) in [5.41, 5.74) is -0.855. The van der Waals surface area contributed by atoms with Gasteiger partial charge < -0.3 is 19.4 Å². The van der Waals surface area contributed by atoms with Crippen LogP contribution in [0.15, 0.2) is 42.1 Å². The highest BCUT2D eigenvalue weighted by Gasteiger charge is 2.71. The molecule has 8 heteroatoms. The zero-order valence-electron chi connectivity index (χ0n) is 24.1. The Hall–Kier alpha value is -3.02. The highest BCUT2D eigenvalue weighted by molar-refractivity contribution is 6.01. The average Bonchev–Trinajstić information content (AvgIpc) is 3.33. The van der Waals surface area contributed by atoms with E-state index < -0.39 is 46.8 Å². The molecule has 3 fully saturated rings. The summed E-state index contributed by atoms with van der Waals surface area (Å²) in [5.74, 6) is -1.26. The smallest absolute Gasteiger partial charge is 0.310 e. The molecule has 2 heterocycles. The Balaban J connectivity index is 1.39. The van der Waals surface area contributed by atoms with Gasteiger partial charge in [0.15, 0.2) is 6.10 Å². The van der Waals surface area contributed by atoms with E-state index in [0.717, 1.165) is 24.8 Å². The number of benzene rings is 1. The quantitative estimate of drug-likeness (QED) is 0.412. The van der Waals surface area contributed by atoms with E-state index in [0.29, 0.717) is 17.7 Å². The number of aliphatic hydroxyl groups is 1. The number of fused-ring (bicyclic) bond motifs is 3. The molecule has 2 aliphatic heterocycles. The summed E-state index contributed by atoms with van der Waals surface area (Å²) in [5, 5.41) is 25.2. The molecule has 1 aromatic rings. The Morgan fingerprint density at radius 2 is 1.93 bits per heavy atom. The molecule has 4 aliphatic rings. The Morgan fingerprint density at radius 3 is 2.58 bits per heavy atom. The fraction of sp³-hybridized carbons (Fsp3) is 0.625. The molecule has 0 bridgehead atoms. The van der Waals surface area contributed by atoms with Gasteiger partial charge in [-0.1, -0.05) is 50.6 Å². The van der Waals surface area contributed by atoms with E-state index in [4.69, 9.17) is 19.6 Å². The van der Waals surface area contributed by atoms with Gasteiger partial charge in [0.25, 0.3) is 0 Å². The summed E-state index contributed by atoms with van der Waals surface area (Å²) >= 11 is 0. The van der Waals surface area contributed by atoms with E-state index in [9.17, 15) is 14.7 Å². The minimum absolute atomic E-state index is 0.0638. The molecule has 0 radical (unpaired) electrons. The van der Waals surface area contributed by atoms with Crippen molar-refractivity contribution >= 4 is 17.5 Å². The molecular formula is C32H40N2O6. The second-order valence-electron chi connectivity index (χ2n) is 13.5. The number of hydrogen-bond acceptors (Lipinski definition) is 8. The van der Waals surface area contributed by atoms with Gasteiger partial charge in [-0.05, 0) is 61.1 Å². The largest absolute Gasteiger partial charge is 0.456 e. The summed E-state index contributed by atoms with van der Waals surface area (Å²) in [7, 11) is 0. The number of ether oxygens (including phenoxy) is 2. The van der Waals surface area contributed by atoms with Crippen LogP contribution in [0.3, 0.4) is 0 Å². The predicted octanol–water partition coefficient (Wildman–Crippen LogP) is 4.87. The van der Waals surface area contributed by atoms with Gasteiger partial charge >= 0.3 is 5.97 Å². The second kappa shape index (κ2) is 9.81. The molecule has 8 atom stereocenters. The molecule has 0 spiro atoms. The van der Waals surface area contributed by atoms with Crippen molar-refractivity contribution in [2.75, 3.05) is 0 Å². The number of aliphatic hydroxyl groups excluding tert-OH is 1. The van der Waals surface area contributed by atoms with Gasteiger partial charge in [0.1, 0.15) is 17.5 Å². The number of nitrogens with zero attached hydrogens (tertiary/aromatic N) is 2. The molecule has 1 saturated heterocycles. The minimum Gasteiger partial charge on any atom is -0.456 e. The topological polar surface area (TPSA) is 118 Å². The number of Topliss-reactive ketones (excluding diaryl/α,β-unsaturated/α-hetero) is 1. The van der Waals surface area contributed by atoms with Crippen LogP contribution in [0.5, 0.6) is 0 Å². The number of hydrogen-bond donors (Lipinski definition) is 1. The molecule has 1 N–H and O–H groups in total. The first-order valence-electron chi connectivity index (χ1n) is 14.2. The maximum absolute atomic E-state index is 13.9. The van der Waals surface area contributed by atoms with Crippen LogP contribution < -0.4 is 0 Å². The van der Waals surface area contributed by atoms with Gasteiger partial charge in [-0.3, -0.25) is 9.59 Å². The van der Waals surface area contributed by atoms with Crippen molar-refractivity contribution < 1.29 is 29.0 Å². The van der Waals surface area contributed by atoms with Gasteiger partial charge in [-0.2, -0.15) is 5.26 Å². The molecule has 40 heavy (non-hydrogen) atoms. The first kappa shape index (κ1) is 28.5. The van der Waals surface area contributed by atoms with Crippen LogP contribution in [0, 0.1) is 34.0 Å². The van der Waals surface area contributed by atoms with E-state index in [2.05, 4.69) is 38.6 Å². The van der Waals surface area contributed by atoms with E-state index in [1.165, 1.54) is 0 Å². The summed E-state index contributed by atoms with van der Waals surface area (Å²) in [6, 6.07) is 9.12. The summed E-state index contributed by atoms with van der Waals surface area (Å²) in [4.78, 5) is 32.9. The van der Waals surface area contributed by atoms with Crippen molar-refractivity contribution in [1.29, 1.82) is 5.26 Å². The lowest BCUT2D eigenvalue weighted by Gasteiger charge is -2.67. The molecule has 214 valence electrons. The van der Waals surface area contributed by atoms with Gasteiger partial charge in [-0.25, -0.2) is 0 Å². The molecule has 0 unspecified atom stereocenters. The van der Waals surface area contributed by atoms with Gasteiger partial charge in [0.05, 0.1) is 41.4 Å². The Bertz CT molecular complexity index is 1280. The Morgan fingerprint density at radius 1 is 1.23 bits per heavy atom. The highest BCUT2D eigenvalue weighted by atomic mass is 16.6. The molecule has 0 aromatic heterocycles. The monoisotopic (exact) mass is 548 g/mol. The van der Waals surface area contributed by atoms with Crippen molar-refractivity contribution in [3.63, 3.8) is 0 Å². The third-order valence-electron chi connectivity index (χ3n) is 10.0. The van der Waals surface area contributed by atoms with Crippen molar-refractivity contribution in [1.82, 2.24) is 0 Å². The van der Waals surface area contributed by atoms with E-state index in [1.807, 2.05) is 13.8 Å². The van der Waals surface area contributed by atoms with Gasteiger partial charge in [-0.15, -0.1) is 6.58 Å². The van der Waals surface area contributed by atoms with Crippen LogP contribution in [-0.4, -0.2) is 52.1 Å². The lowest BCUT2D eigenvalue weighted by molar-refractivity contribution is -0.307. The SMILES string of the molecule is C=C[C@@]1(C)CC(=O)[C@H]2[C@@]3(C)CCCC(C)(C)[C@@H]3[C@H](O)[C@H](OC(=O)C[C@@H]3CC(c4ccc(C#N)cc4)=NO3)[C@@]2(C)O1. The number of nitriles is 1. The molecular weight excluding hydrogens is 508 g/mol. The van der Waals surface area contributed by atoms with Crippen molar-refractivity contribution in [3.05, 3.63) is 48.0 Å². The summed E-state index contributed by atoms with van der Waals surface area (Å²) in [6.45, 7) is 13.9. The molecule has 1 aromatic carbocycles. The molecule has 2 saturated carbocycles. The van der Waals surface area contributed by atoms with Crippen LogP contribution >= 0.6 is 0 Å². The number of esters is 1. The minimum atomic E-state index is -1.23. The fourth-order valence-electron chi connectivity index (χ4n) is 8.55. The van der Waals surface area contributed by atoms with Crippen LogP contribution in [-0.2, 0) is 23.9 Å². The first-order chi connectivity index (χ1) is 18.8. The molecule has 0 amide bonds. The van der Waals surface area contributed by atoms with Crippen LogP contribution in [0.4, 0.5) is 0 Å². The van der Waals surface area contributed by atoms with Gasteiger partial charge in [0.2, 0.25) is 0 Å². The summed E-state index contributed by atoms with van der Waals surface area (Å²) in [6.07, 6.45) is 2.26. The molecule has 8 nitrogen and oxygen atoms in total. The fourth-order valence-corrected chi connectivity index (χ4v) is 8.55. The number of carbonyl (C=O) groups is 2. The van der Waals surface area contributed by atoms with E-state index in [1.54, 1.807) is 30.3 Å². The first-order valence-corrected chi connectivity index (χ1v) is 14.2. The van der Waals surface area contributed by atoms with Crippen LogP contribution in [0.25, 0.3) is 0 Å². The zero-order chi connectivity index (χ0) is 29.1. The van der Waals surface area contributed by atoms with Crippen molar-refractivity contribution in [2.45, 2.75) is 103 Å². The maximum atomic E-state index is 13.9. The van der Waals surface area contributed by atoms with E-state index in [-0.39, 0.29) is 30.0 Å². The maximum Gasteiger partial charge on any atom is 0.310 e. The van der Waals surface area contributed by atoms with Crippen molar-refractivity contribution in [3.8, 4) is 6.07 Å². The number of oxime groups is 1. The third-order valence-corrected chi connectivity index (χ3v) is 10.0. The molecule has 2 aliphatic carbocycles. The van der Waals surface area contributed by atoms with Crippen molar-refractivity contribution in [2.24, 2.45) is 27.8 Å². The van der Waals surface area contributed by atoms with Crippen LogP contribution in [0.2, 0.25) is 0 Å². The van der Waals surface area contributed by atoms with Crippen LogP contribution in [0.1, 0.15) is 84.3 Å². The number of carbonyl (C=O) groups excluding carboxylic acids is 2. The normalized spacial score (nSPS) is 40.1. The lowest BCUT2D eigenvalue weighted by Crippen LogP contribution is -2.75. The Kier molecular flexibility index (Phi) is 6.99. The third kappa shape index (κ3) is 4.57. The predicted molar refractivity (Wildman–Crippen MR) is 148 cm³/mol. The molecule has 5 rings (SSSR count). The van der Waals surface area contributed by atoms with Gasteiger partial charge in [0, 0.05) is 12.8 Å². The van der Waals surface area contributed by atoms with E-state index >= 15 is 0 Å². The Labute approximate surface area is 236 Å². The summed E-state index contributed by atoms with van der Waals surface area (Å²) < 4.78 is 12.8.